The Balaban J connectivity index is 1.76. The van der Waals surface area contributed by atoms with E-state index in [-0.39, 0.29) is 29.9 Å². The molecule has 0 aliphatic heterocycles. The minimum absolute atomic E-state index is 0.142. The maximum atomic E-state index is 12.3. The van der Waals surface area contributed by atoms with Crippen LogP contribution in [0.1, 0.15) is 17.9 Å². The maximum Gasteiger partial charge on any atom is 0.296 e. The molecule has 0 aliphatic carbocycles. The fraction of sp³-hybridized carbons (Fsp3) is 0.250. The minimum atomic E-state index is -0.352. The third kappa shape index (κ3) is 2.98. The molecule has 2 heterocycles. The van der Waals surface area contributed by atoms with Crippen molar-refractivity contribution in [2.24, 2.45) is 0 Å². The van der Waals surface area contributed by atoms with Gasteiger partial charge in [-0.1, -0.05) is 23.4 Å². The molecule has 0 bridgehead atoms. The van der Waals surface area contributed by atoms with Crippen molar-refractivity contribution in [1.82, 2.24) is 14.9 Å². The lowest BCUT2D eigenvalue weighted by Gasteiger charge is -2.07. The highest BCUT2D eigenvalue weighted by molar-refractivity contribution is 5.90. The fourth-order valence-electron chi connectivity index (χ4n) is 2.45. The Hall–Kier alpha value is -2.96. The third-order valence-electron chi connectivity index (χ3n) is 3.54. The van der Waals surface area contributed by atoms with Gasteiger partial charge in [-0.3, -0.25) is 9.59 Å². The first-order chi connectivity index (χ1) is 11.1. The van der Waals surface area contributed by atoms with Gasteiger partial charge in [0.25, 0.3) is 5.56 Å². The van der Waals surface area contributed by atoms with Crippen LogP contribution < -0.4 is 10.9 Å². The van der Waals surface area contributed by atoms with Gasteiger partial charge in [0.2, 0.25) is 5.91 Å². The lowest BCUT2D eigenvalue weighted by molar-refractivity contribution is -0.116. The van der Waals surface area contributed by atoms with Crippen molar-refractivity contribution in [3.05, 3.63) is 52.1 Å². The molecule has 0 saturated heterocycles. The summed E-state index contributed by atoms with van der Waals surface area (Å²) in [5.74, 6) is 0.384. The Bertz CT molecular complexity index is 912. The van der Waals surface area contributed by atoms with Gasteiger partial charge in [-0.25, -0.2) is 4.68 Å². The van der Waals surface area contributed by atoms with Gasteiger partial charge >= 0.3 is 0 Å². The summed E-state index contributed by atoms with van der Waals surface area (Å²) in [5, 5.41) is 11.4. The first kappa shape index (κ1) is 15.0. The van der Waals surface area contributed by atoms with Crippen LogP contribution in [0, 0.1) is 13.8 Å². The molecule has 0 saturated carbocycles. The van der Waals surface area contributed by atoms with Crippen LogP contribution >= 0.6 is 0 Å². The van der Waals surface area contributed by atoms with E-state index in [1.165, 1.54) is 4.68 Å². The van der Waals surface area contributed by atoms with E-state index < -0.39 is 0 Å². The van der Waals surface area contributed by atoms with Gasteiger partial charge in [0.15, 0.2) is 5.52 Å². The molecule has 118 valence electrons. The number of carbonyl (C=O) groups excluding carboxylic acids is 1. The van der Waals surface area contributed by atoms with Crippen LogP contribution in [0.4, 0.5) is 5.69 Å². The van der Waals surface area contributed by atoms with E-state index in [9.17, 15) is 9.59 Å². The molecule has 0 unspecified atom stereocenters. The van der Waals surface area contributed by atoms with Gasteiger partial charge in [-0.05, 0) is 26.0 Å². The molecule has 1 amide bonds. The number of aromatic nitrogens is 3. The molecule has 1 N–H and O–H groups in total. The number of hydrogen-bond donors (Lipinski definition) is 1. The lowest BCUT2D eigenvalue weighted by Crippen LogP contribution is -2.26. The molecular weight excluding hydrogens is 296 g/mol. The fourth-order valence-corrected chi connectivity index (χ4v) is 2.45. The highest BCUT2D eigenvalue weighted by atomic mass is 16.5. The van der Waals surface area contributed by atoms with Crippen LogP contribution in [-0.4, -0.2) is 20.8 Å². The molecule has 2 aromatic heterocycles. The van der Waals surface area contributed by atoms with Gasteiger partial charge < -0.3 is 9.84 Å². The van der Waals surface area contributed by atoms with E-state index >= 15 is 0 Å². The molecule has 0 atom stereocenters. The van der Waals surface area contributed by atoms with E-state index in [2.05, 4.69) is 15.6 Å². The first-order valence-electron chi connectivity index (χ1n) is 7.25. The largest absolute Gasteiger partial charge is 0.360 e. The SMILES string of the molecule is Cc1nn(CCC(=O)Nc2ccccc2)c(=O)c2noc(C)c12. The Kier molecular flexibility index (Phi) is 3.92. The zero-order valence-electron chi connectivity index (χ0n) is 12.9. The predicted molar refractivity (Wildman–Crippen MR) is 85.2 cm³/mol. The predicted octanol–water partition coefficient (Wildman–Crippen LogP) is 2.03. The molecule has 0 aliphatic rings. The Labute approximate surface area is 131 Å². The zero-order chi connectivity index (χ0) is 16.4. The number of nitrogens with one attached hydrogen (secondary N) is 1. The molecule has 1 aromatic carbocycles. The minimum Gasteiger partial charge on any atom is -0.360 e. The first-order valence-corrected chi connectivity index (χ1v) is 7.25. The number of hydrogen-bond acceptors (Lipinski definition) is 5. The number of rotatable bonds is 4. The number of aryl methyl sites for hydroxylation is 3. The number of fused-ring (bicyclic) bond motifs is 1. The summed E-state index contributed by atoms with van der Waals surface area (Å²) >= 11 is 0. The Morgan fingerprint density at radius 3 is 2.74 bits per heavy atom. The van der Waals surface area contributed by atoms with Gasteiger partial charge in [-0.15, -0.1) is 0 Å². The number of para-hydroxylation sites is 1. The van der Waals surface area contributed by atoms with E-state index in [0.29, 0.717) is 16.8 Å². The lowest BCUT2D eigenvalue weighted by atomic mass is 10.2. The monoisotopic (exact) mass is 312 g/mol. The molecule has 3 aromatic rings. The second-order valence-corrected chi connectivity index (χ2v) is 5.24. The number of benzene rings is 1. The van der Waals surface area contributed by atoms with Gasteiger partial charge in [0.1, 0.15) is 5.76 Å². The van der Waals surface area contributed by atoms with Crippen molar-refractivity contribution in [2.45, 2.75) is 26.8 Å². The number of nitrogens with zero attached hydrogens (tertiary/aromatic N) is 3. The van der Waals surface area contributed by atoms with Crippen LogP contribution in [0.15, 0.2) is 39.6 Å². The van der Waals surface area contributed by atoms with Crippen LogP contribution in [-0.2, 0) is 11.3 Å². The van der Waals surface area contributed by atoms with E-state index in [4.69, 9.17) is 4.52 Å². The standard InChI is InChI=1S/C16H16N4O3/c1-10-14-11(2)23-19-15(14)16(22)20(18-10)9-8-13(21)17-12-6-4-3-5-7-12/h3-7H,8-9H2,1-2H3,(H,17,21). The summed E-state index contributed by atoms with van der Waals surface area (Å²) in [6.07, 6.45) is 0.142. The Morgan fingerprint density at radius 1 is 1.26 bits per heavy atom. The van der Waals surface area contributed by atoms with Gasteiger partial charge in [-0.2, -0.15) is 5.10 Å². The summed E-state index contributed by atoms with van der Waals surface area (Å²) in [6, 6.07) is 9.15. The van der Waals surface area contributed by atoms with Crippen LogP contribution in [0.2, 0.25) is 0 Å². The summed E-state index contributed by atoms with van der Waals surface area (Å²) < 4.78 is 6.31. The van der Waals surface area contributed by atoms with Crippen molar-refractivity contribution in [1.29, 1.82) is 0 Å². The van der Waals surface area contributed by atoms with Crippen LogP contribution in [0.25, 0.3) is 10.9 Å². The van der Waals surface area contributed by atoms with Crippen molar-refractivity contribution in [2.75, 3.05) is 5.32 Å². The van der Waals surface area contributed by atoms with Crippen molar-refractivity contribution in [3.8, 4) is 0 Å². The Morgan fingerprint density at radius 2 is 2.00 bits per heavy atom. The molecule has 7 nitrogen and oxygen atoms in total. The number of carbonyl (C=O) groups is 1. The molecule has 0 radical (unpaired) electrons. The maximum absolute atomic E-state index is 12.3. The topological polar surface area (TPSA) is 90.0 Å². The average molecular weight is 312 g/mol. The van der Waals surface area contributed by atoms with Gasteiger partial charge in [0.05, 0.1) is 17.6 Å². The number of anilines is 1. The normalized spacial score (nSPS) is 10.9. The average Bonchev–Trinajstić information content (AvgIpc) is 2.93. The van der Waals surface area contributed by atoms with Crippen LogP contribution in [0.3, 0.4) is 0 Å². The summed E-state index contributed by atoms with van der Waals surface area (Å²) in [7, 11) is 0. The highest BCUT2D eigenvalue weighted by Crippen LogP contribution is 2.16. The van der Waals surface area contributed by atoms with Gasteiger partial charge in [0, 0.05) is 12.1 Å². The van der Waals surface area contributed by atoms with Crippen molar-refractivity contribution >= 4 is 22.5 Å². The molecule has 0 spiro atoms. The van der Waals surface area contributed by atoms with E-state index in [1.807, 2.05) is 18.2 Å². The summed E-state index contributed by atoms with van der Waals surface area (Å²) in [4.78, 5) is 24.3. The number of amides is 1. The van der Waals surface area contributed by atoms with E-state index in [0.717, 1.165) is 5.69 Å². The highest BCUT2D eigenvalue weighted by Gasteiger charge is 2.15. The zero-order valence-corrected chi connectivity index (χ0v) is 12.9. The quantitative estimate of drug-likeness (QED) is 0.796. The second-order valence-electron chi connectivity index (χ2n) is 5.24. The van der Waals surface area contributed by atoms with Crippen molar-refractivity contribution < 1.29 is 9.32 Å². The smallest absolute Gasteiger partial charge is 0.296 e. The summed E-state index contributed by atoms with van der Waals surface area (Å²) in [6.45, 7) is 3.70. The van der Waals surface area contributed by atoms with Crippen LogP contribution in [0.5, 0.6) is 0 Å². The third-order valence-corrected chi connectivity index (χ3v) is 3.54. The van der Waals surface area contributed by atoms with E-state index in [1.54, 1.807) is 26.0 Å². The second kappa shape index (κ2) is 6.04. The molecular formula is C16H16N4O3. The molecule has 23 heavy (non-hydrogen) atoms. The molecule has 0 fully saturated rings. The molecule has 3 rings (SSSR count). The summed E-state index contributed by atoms with van der Waals surface area (Å²) in [5.41, 5.74) is 1.27. The van der Waals surface area contributed by atoms with Crippen molar-refractivity contribution in [3.63, 3.8) is 0 Å². The molecule has 7 heteroatoms.